The summed E-state index contributed by atoms with van der Waals surface area (Å²) in [5, 5.41) is 0. The van der Waals surface area contributed by atoms with Gasteiger partial charge in [0.05, 0.1) is 12.2 Å². The number of halogens is 1. The molecule has 3 rings (SSSR count). The molecule has 2 N–H and O–H groups in total. The monoisotopic (exact) mass is 308 g/mol. The van der Waals surface area contributed by atoms with Crippen LogP contribution in [0.4, 0.5) is 10.3 Å². The number of nitrogen functional groups attached to an aromatic ring is 1. The number of hydrogen-bond acceptors (Lipinski definition) is 5. The molecule has 2 heterocycles. The molecule has 0 fully saturated rings. The van der Waals surface area contributed by atoms with Crippen LogP contribution in [-0.4, -0.2) is 29.2 Å². The molecule has 0 amide bonds. The molecule has 1 aromatic carbocycles. The van der Waals surface area contributed by atoms with Gasteiger partial charge in [0.1, 0.15) is 10.7 Å². The number of benzene rings is 1. The maximum atomic E-state index is 13.7. The molecule has 1 aromatic heterocycles. The van der Waals surface area contributed by atoms with Gasteiger partial charge in [0, 0.05) is 12.7 Å². The van der Waals surface area contributed by atoms with Crippen LogP contribution >= 0.6 is 0 Å². The molecule has 21 heavy (non-hydrogen) atoms. The molecule has 6 nitrogen and oxygen atoms in total. The van der Waals surface area contributed by atoms with Gasteiger partial charge in [0.25, 0.3) is 0 Å². The van der Waals surface area contributed by atoms with Gasteiger partial charge in [-0.15, -0.1) is 0 Å². The van der Waals surface area contributed by atoms with E-state index in [0.29, 0.717) is 12.1 Å². The lowest BCUT2D eigenvalue weighted by Gasteiger charge is -2.27. The molecular weight excluding hydrogens is 295 g/mol. The Morgan fingerprint density at radius 2 is 2.05 bits per heavy atom. The fourth-order valence-electron chi connectivity index (χ4n) is 2.29. The first-order chi connectivity index (χ1) is 9.98. The molecule has 0 unspecified atom stereocenters. The van der Waals surface area contributed by atoms with Crippen LogP contribution in [0.15, 0.2) is 35.4 Å². The molecule has 0 radical (unpaired) electrons. The Morgan fingerprint density at radius 3 is 2.81 bits per heavy atom. The predicted octanol–water partition coefficient (Wildman–Crippen LogP) is 0.945. The third-order valence-electron chi connectivity index (χ3n) is 3.38. The Balaban J connectivity index is 1.97. The smallest absolute Gasteiger partial charge is 0.246 e. The normalized spacial score (nSPS) is 15.7. The second-order valence-corrected chi connectivity index (χ2v) is 6.63. The minimum atomic E-state index is -3.89. The van der Waals surface area contributed by atoms with Crippen molar-refractivity contribution in [1.29, 1.82) is 0 Å². The Kier molecular flexibility index (Phi) is 3.34. The molecule has 2 aromatic rings. The quantitative estimate of drug-likeness (QED) is 0.892. The highest BCUT2D eigenvalue weighted by atomic mass is 32.2. The summed E-state index contributed by atoms with van der Waals surface area (Å²) in [4.78, 5) is 7.63. The lowest BCUT2D eigenvalue weighted by molar-refractivity contribution is 0.382. The summed E-state index contributed by atoms with van der Waals surface area (Å²) in [6.07, 6.45) is 2.08. The molecule has 0 saturated carbocycles. The van der Waals surface area contributed by atoms with E-state index in [2.05, 4.69) is 9.97 Å². The lowest BCUT2D eigenvalue weighted by Crippen LogP contribution is -2.37. The zero-order chi connectivity index (χ0) is 15.0. The first-order valence-electron chi connectivity index (χ1n) is 6.33. The van der Waals surface area contributed by atoms with Crippen LogP contribution in [0.25, 0.3) is 0 Å². The maximum absolute atomic E-state index is 13.7. The number of nitrogens with zero attached hydrogens (tertiary/aromatic N) is 3. The largest absolute Gasteiger partial charge is 0.368 e. The van der Waals surface area contributed by atoms with Crippen molar-refractivity contribution in [3.05, 3.63) is 47.5 Å². The molecular formula is C13H13FN4O2S. The number of aromatic nitrogens is 2. The zero-order valence-electron chi connectivity index (χ0n) is 11.0. The number of sulfonamides is 1. The second kappa shape index (κ2) is 5.05. The first-order valence-corrected chi connectivity index (χ1v) is 7.77. The van der Waals surface area contributed by atoms with E-state index in [0.717, 1.165) is 11.6 Å². The van der Waals surface area contributed by atoms with Gasteiger partial charge < -0.3 is 5.73 Å². The van der Waals surface area contributed by atoms with E-state index in [-0.39, 0.29) is 23.9 Å². The van der Waals surface area contributed by atoms with Crippen LogP contribution in [0.2, 0.25) is 0 Å². The highest BCUT2D eigenvalue weighted by Crippen LogP contribution is 2.25. The average molecular weight is 308 g/mol. The topological polar surface area (TPSA) is 89.2 Å². The van der Waals surface area contributed by atoms with E-state index < -0.39 is 15.8 Å². The molecule has 1 aliphatic heterocycles. The second-order valence-electron chi connectivity index (χ2n) is 4.72. The van der Waals surface area contributed by atoms with Crippen LogP contribution in [-0.2, 0) is 23.0 Å². The number of fused-ring (bicyclic) bond motifs is 1. The molecule has 0 spiro atoms. The van der Waals surface area contributed by atoms with Gasteiger partial charge >= 0.3 is 0 Å². The SMILES string of the molecule is Nc1ncc2c(n1)CN(S(=O)(=O)c1ccccc1F)CC2. The summed E-state index contributed by atoms with van der Waals surface area (Å²) in [7, 11) is -3.89. The van der Waals surface area contributed by atoms with Crippen molar-refractivity contribution in [3.8, 4) is 0 Å². The summed E-state index contributed by atoms with van der Waals surface area (Å²) in [5.41, 5.74) is 6.95. The average Bonchev–Trinajstić information content (AvgIpc) is 2.46. The fraction of sp³-hybridized carbons (Fsp3) is 0.231. The van der Waals surface area contributed by atoms with Crippen LogP contribution < -0.4 is 5.73 Å². The van der Waals surface area contributed by atoms with Crippen molar-refractivity contribution in [1.82, 2.24) is 14.3 Å². The Bertz CT molecular complexity index is 795. The third-order valence-corrected chi connectivity index (χ3v) is 5.26. The maximum Gasteiger partial charge on any atom is 0.246 e. The Hall–Kier alpha value is -2.06. The molecule has 0 atom stereocenters. The standard InChI is InChI=1S/C13H13FN4O2S/c14-10-3-1-2-4-12(10)21(19,20)18-6-5-9-7-16-13(15)17-11(9)8-18/h1-4,7H,5-6,8H2,(H2,15,16,17). The highest BCUT2D eigenvalue weighted by Gasteiger charge is 2.31. The van der Waals surface area contributed by atoms with E-state index >= 15 is 0 Å². The van der Waals surface area contributed by atoms with Crippen molar-refractivity contribution < 1.29 is 12.8 Å². The van der Waals surface area contributed by atoms with E-state index in [1.54, 1.807) is 6.20 Å². The summed E-state index contributed by atoms with van der Waals surface area (Å²) < 4.78 is 40.0. The third kappa shape index (κ3) is 2.47. The van der Waals surface area contributed by atoms with Crippen LogP contribution in [0.5, 0.6) is 0 Å². The fourth-order valence-corrected chi connectivity index (χ4v) is 3.76. The lowest BCUT2D eigenvalue weighted by atomic mass is 10.1. The Morgan fingerprint density at radius 1 is 1.29 bits per heavy atom. The number of hydrogen-bond donors (Lipinski definition) is 1. The van der Waals surface area contributed by atoms with Crippen LogP contribution in [0.1, 0.15) is 11.3 Å². The molecule has 0 aliphatic carbocycles. The van der Waals surface area contributed by atoms with Gasteiger partial charge in [-0.2, -0.15) is 4.31 Å². The van der Waals surface area contributed by atoms with Crippen molar-refractivity contribution in [2.45, 2.75) is 17.9 Å². The van der Waals surface area contributed by atoms with Gasteiger partial charge in [0.2, 0.25) is 16.0 Å². The summed E-state index contributed by atoms with van der Waals surface area (Å²) in [6, 6.07) is 5.33. The summed E-state index contributed by atoms with van der Waals surface area (Å²) in [5.74, 6) is -0.663. The van der Waals surface area contributed by atoms with Crippen molar-refractivity contribution >= 4 is 16.0 Å². The van der Waals surface area contributed by atoms with Crippen LogP contribution in [0.3, 0.4) is 0 Å². The van der Waals surface area contributed by atoms with Crippen molar-refractivity contribution in [2.24, 2.45) is 0 Å². The van der Waals surface area contributed by atoms with Crippen molar-refractivity contribution in [3.63, 3.8) is 0 Å². The molecule has 8 heteroatoms. The minimum Gasteiger partial charge on any atom is -0.368 e. The first kappa shape index (κ1) is 13.9. The molecule has 0 bridgehead atoms. The molecule has 1 aliphatic rings. The number of rotatable bonds is 2. The summed E-state index contributed by atoms with van der Waals surface area (Å²) in [6.45, 7) is 0.329. The van der Waals surface area contributed by atoms with Gasteiger partial charge in [-0.1, -0.05) is 12.1 Å². The molecule has 0 saturated heterocycles. The van der Waals surface area contributed by atoms with E-state index in [4.69, 9.17) is 5.73 Å². The predicted molar refractivity (Wildman–Crippen MR) is 74.1 cm³/mol. The van der Waals surface area contributed by atoms with E-state index in [1.807, 2.05) is 0 Å². The van der Waals surface area contributed by atoms with Gasteiger partial charge in [-0.25, -0.2) is 22.8 Å². The molecule has 110 valence electrons. The zero-order valence-corrected chi connectivity index (χ0v) is 11.8. The van der Waals surface area contributed by atoms with Gasteiger partial charge in [-0.05, 0) is 24.1 Å². The Labute approximate surface area is 121 Å². The minimum absolute atomic E-state index is 0.0682. The van der Waals surface area contributed by atoms with Crippen molar-refractivity contribution in [2.75, 3.05) is 12.3 Å². The number of anilines is 1. The van der Waals surface area contributed by atoms with E-state index in [9.17, 15) is 12.8 Å². The van der Waals surface area contributed by atoms with Gasteiger partial charge in [0.15, 0.2) is 0 Å². The van der Waals surface area contributed by atoms with Crippen LogP contribution in [0, 0.1) is 5.82 Å². The van der Waals surface area contributed by atoms with E-state index in [1.165, 1.54) is 22.5 Å². The summed E-state index contributed by atoms with van der Waals surface area (Å²) >= 11 is 0. The van der Waals surface area contributed by atoms with Gasteiger partial charge in [-0.3, -0.25) is 0 Å². The highest BCUT2D eigenvalue weighted by molar-refractivity contribution is 7.89. The number of nitrogens with two attached hydrogens (primary N) is 1.